The number of anilines is 2. The maximum atomic E-state index is 12.4. The van der Waals surface area contributed by atoms with Gasteiger partial charge in [0.1, 0.15) is 0 Å². The van der Waals surface area contributed by atoms with E-state index in [-0.39, 0.29) is 11.7 Å². The van der Waals surface area contributed by atoms with Crippen molar-refractivity contribution in [1.82, 2.24) is 4.98 Å². The Kier molecular flexibility index (Phi) is 4.89. The molecule has 2 aromatic rings. The third-order valence-electron chi connectivity index (χ3n) is 3.95. The van der Waals surface area contributed by atoms with Gasteiger partial charge in [-0.3, -0.25) is 9.10 Å². The van der Waals surface area contributed by atoms with Crippen LogP contribution in [0.25, 0.3) is 0 Å². The quantitative estimate of drug-likeness (QED) is 0.902. The van der Waals surface area contributed by atoms with E-state index in [1.807, 2.05) is 0 Å². The molecule has 132 valence electrons. The van der Waals surface area contributed by atoms with Crippen LogP contribution in [0.1, 0.15) is 23.2 Å². The van der Waals surface area contributed by atoms with Crippen molar-refractivity contribution in [3.8, 4) is 5.88 Å². The zero-order valence-electron chi connectivity index (χ0n) is 13.8. The molecule has 3 rings (SSSR count). The fraction of sp³-hybridized carbons (Fsp3) is 0.294. The van der Waals surface area contributed by atoms with E-state index in [0.717, 1.165) is 6.42 Å². The topological polar surface area (TPSA) is 88.6 Å². The molecule has 1 aromatic heterocycles. The van der Waals surface area contributed by atoms with E-state index in [1.54, 1.807) is 36.4 Å². The first-order valence-corrected chi connectivity index (χ1v) is 9.52. The van der Waals surface area contributed by atoms with E-state index >= 15 is 0 Å². The van der Waals surface area contributed by atoms with Gasteiger partial charge in [-0.15, -0.1) is 0 Å². The molecule has 1 aromatic carbocycles. The minimum Gasteiger partial charge on any atom is -0.481 e. The van der Waals surface area contributed by atoms with Crippen LogP contribution in [-0.2, 0) is 10.0 Å². The first kappa shape index (κ1) is 17.2. The average molecular weight is 361 g/mol. The Hall–Kier alpha value is -2.61. The molecule has 2 heterocycles. The summed E-state index contributed by atoms with van der Waals surface area (Å²) in [6.07, 6.45) is 2.98. The number of carbonyl (C=O) groups excluding carboxylic acids is 1. The van der Waals surface area contributed by atoms with Crippen LogP contribution >= 0.6 is 0 Å². The summed E-state index contributed by atoms with van der Waals surface area (Å²) in [5.41, 5.74) is 1.43. The second-order valence-electron chi connectivity index (χ2n) is 5.69. The van der Waals surface area contributed by atoms with E-state index < -0.39 is 10.0 Å². The highest BCUT2D eigenvalue weighted by molar-refractivity contribution is 7.92. The van der Waals surface area contributed by atoms with Crippen molar-refractivity contribution in [3.05, 3.63) is 48.2 Å². The second-order valence-corrected chi connectivity index (χ2v) is 7.70. The Morgan fingerprint density at radius 2 is 2.08 bits per heavy atom. The average Bonchev–Trinajstić information content (AvgIpc) is 2.62. The molecular weight excluding hydrogens is 342 g/mol. The molecule has 0 atom stereocenters. The molecule has 1 fully saturated rings. The molecule has 0 bridgehead atoms. The molecule has 0 aliphatic carbocycles. The smallest absolute Gasteiger partial charge is 0.255 e. The molecule has 0 saturated carbocycles. The second kappa shape index (κ2) is 7.10. The number of benzene rings is 1. The maximum Gasteiger partial charge on any atom is 0.255 e. The molecule has 8 heteroatoms. The normalized spacial score (nSPS) is 16.3. The number of sulfonamides is 1. The van der Waals surface area contributed by atoms with Gasteiger partial charge in [-0.1, -0.05) is 6.07 Å². The van der Waals surface area contributed by atoms with Crippen LogP contribution in [-0.4, -0.2) is 38.7 Å². The number of nitrogens with zero attached hydrogens (tertiary/aromatic N) is 2. The first-order valence-electron chi connectivity index (χ1n) is 7.91. The molecule has 7 nitrogen and oxygen atoms in total. The Labute approximate surface area is 146 Å². The fourth-order valence-corrected chi connectivity index (χ4v) is 4.29. The minimum atomic E-state index is -3.31. The summed E-state index contributed by atoms with van der Waals surface area (Å²) in [6, 6.07) is 9.95. The van der Waals surface area contributed by atoms with Gasteiger partial charge in [-0.05, 0) is 37.1 Å². The standard InChI is InChI=1S/C17H19N3O4S/c1-24-16-8-7-14(12-18-16)19-17(21)13-5-4-6-15(11-13)20-9-2-3-10-25(20,22)23/h4-8,11-12H,2-3,9-10H2,1H3,(H,19,21). The maximum absolute atomic E-state index is 12.4. The highest BCUT2D eigenvalue weighted by atomic mass is 32.2. The molecule has 0 radical (unpaired) electrons. The molecule has 1 N–H and O–H groups in total. The lowest BCUT2D eigenvalue weighted by molar-refractivity contribution is 0.102. The van der Waals surface area contributed by atoms with Crippen LogP contribution in [0.2, 0.25) is 0 Å². The van der Waals surface area contributed by atoms with Gasteiger partial charge in [0.2, 0.25) is 15.9 Å². The summed E-state index contributed by atoms with van der Waals surface area (Å²) >= 11 is 0. The summed E-state index contributed by atoms with van der Waals surface area (Å²) in [5.74, 6) is 0.263. The van der Waals surface area contributed by atoms with Gasteiger partial charge in [-0.2, -0.15) is 0 Å². The van der Waals surface area contributed by atoms with Crippen LogP contribution in [0, 0.1) is 0 Å². The van der Waals surface area contributed by atoms with Crippen molar-refractivity contribution in [1.29, 1.82) is 0 Å². The molecule has 0 unspecified atom stereocenters. The lowest BCUT2D eigenvalue weighted by Crippen LogP contribution is -2.37. The molecule has 1 saturated heterocycles. The monoisotopic (exact) mass is 361 g/mol. The van der Waals surface area contributed by atoms with Gasteiger partial charge in [-0.25, -0.2) is 13.4 Å². The van der Waals surface area contributed by atoms with Crippen molar-refractivity contribution in [2.75, 3.05) is 29.0 Å². The number of aromatic nitrogens is 1. The summed E-state index contributed by atoms with van der Waals surface area (Å²) in [4.78, 5) is 16.5. The predicted molar refractivity (Wildman–Crippen MR) is 95.6 cm³/mol. The number of amides is 1. The van der Waals surface area contributed by atoms with Crippen molar-refractivity contribution in [3.63, 3.8) is 0 Å². The van der Waals surface area contributed by atoms with Crippen molar-refractivity contribution >= 4 is 27.3 Å². The fourth-order valence-electron chi connectivity index (χ4n) is 2.66. The van der Waals surface area contributed by atoms with E-state index in [9.17, 15) is 13.2 Å². The van der Waals surface area contributed by atoms with E-state index in [1.165, 1.54) is 17.6 Å². The Bertz CT molecular complexity index is 866. The van der Waals surface area contributed by atoms with Crippen molar-refractivity contribution in [2.24, 2.45) is 0 Å². The number of nitrogens with one attached hydrogen (secondary N) is 1. The number of methoxy groups -OCH3 is 1. The molecule has 25 heavy (non-hydrogen) atoms. The van der Waals surface area contributed by atoms with E-state index in [4.69, 9.17) is 4.74 Å². The molecule has 1 amide bonds. The van der Waals surface area contributed by atoms with E-state index in [2.05, 4.69) is 10.3 Å². The molecule has 1 aliphatic heterocycles. The van der Waals surface area contributed by atoms with Crippen LogP contribution in [0.15, 0.2) is 42.6 Å². The van der Waals surface area contributed by atoms with E-state index in [0.29, 0.717) is 35.8 Å². The highest BCUT2D eigenvalue weighted by Gasteiger charge is 2.26. The number of hydrogen-bond donors (Lipinski definition) is 1. The van der Waals surface area contributed by atoms with Crippen LogP contribution < -0.4 is 14.4 Å². The number of rotatable bonds is 4. The SMILES string of the molecule is COc1ccc(NC(=O)c2cccc(N3CCCCS3(=O)=O)c2)cn1. The number of carbonyl (C=O) groups is 1. The number of pyridine rings is 1. The Balaban J connectivity index is 1.79. The Morgan fingerprint density at radius 1 is 1.24 bits per heavy atom. The van der Waals surface area contributed by atoms with Gasteiger partial charge < -0.3 is 10.1 Å². The zero-order valence-corrected chi connectivity index (χ0v) is 14.6. The third-order valence-corrected chi connectivity index (χ3v) is 5.82. The number of ether oxygens (including phenoxy) is 1. The third kappa shape index (κ3) is 3.90. The molecule has 1 aliphatic rings. The number of hydrogen-bond acceptors (Lipinski definition) is 5. The van der Waals surface area contributed by atoms with Gasteiger partial charge in [0.25, 0.3) is 5.91 Å². The summed E-state index contributed by atoms with van der Waals surface area (Å²) in [6.45, 7) is 0.440. The molecular formula is C17H19N3O4S. The van der Waals surface area contributed by atoms with Crippen LogP contribution in [0.3, 0.4) is 0 Å². The minimum absolute atomic E-state index is 0.140. The van der Waals surface area contributed by atoms with Gasteiger partial charge in [0.05, 0.1) is 30.4 Å². The van der Waals surface area contributed by atoms with Crippen LogP contribution in [0.4, 0.5) is 11.4 Å². The zero-order chi connectivity index (χ0) is 17.9. The predicted octanol–water partition coefficient (Wildman–Crippen LogP) is 2.27. The summed E-state index contributed by atoms with van der Waals surface area (Å²) in [5, 5.41) is 2.74. The van der Waals surface area contributed by atoms with Gasteiger partial charge >= 0.3 is 0 Å². The van der Waals surface area contributed by atoms with Crippen molar-refractivity contribution < 1.29 is 17.9 Å². The largest absolute Gasteiger partial charge is 0.481 e. The van der Waals surface area contributed by atoms with Crippen molar-refractivity contribution in [2.45, 2.75) is 12.8 Å². The molecule has 0 spiro atoms. The lowest BCUT2D eigenvalue weighted by atomic mass is 10.1. The lowest BCUT2D eigenvalue weighted by Gasteiger charge is -2.28. The summed E-state index contributed by atoms with van der Waals surface area (Å²) < 4.78 is 30.8. The van der Waals surface area contributed by atoms with Crippen LogP contribution in [0.5, 0.6) is 5.88 Å². The van der Waals surface area contributed by atoms with Gasteiger partial charge in [0, 0.05) is 18.2 Å². The first-order chi connectivity index (χ1) is 12.0. The summed E-state index contributed by atoms with van der Waals surface area (Å²) in [7, 11) is -1.79. The Morgan fingerprint density at radius 3 is 2.76 bits per heavy atom. The van der Waals surface area contributed by atoms with Gasteiger partial charge in [0.15, 0.2) is 0 Å². The highest BCUT2D eigenvalue weighted by Crippen LogP contribution is 2.24.